The van der Waals surface area contributed by atoms with E-state index in [1.165, 1.54) is 0 Å². The highest BCUT2D eigenvalue weighted by atomic mass is 16.5. The molecule has 7 nitrogen and oxygen atoms in total. The standard InChI is InChI=1S/C21H29N3O4/c1-4-26-18-12-15(13-19(27-5-2)20(18)28-6-3)21(25)23-16-8-7-9-17(16)24-11-10-22-14-24/h10-14,16-17H,4-9H2,1-3H3,(H,23,25). The molecule has 0 aliphatic heterocycles. The third-order valence-electron chi connectivity index (χ3n) is 4.88. The molecule has 1 saturated carbocycles. The van der Waals surface area contributed by atoms with E-state index in [4.69, 9.17) is 14.2 Å². The molecule has 0 saturated heterocycles. The second-order valence-electron chi connectivity index (χ2n) is 6.69. The van der Waals surface area contributed by atoms with Crippen LogP contribution in [-0.2, 0) is 0 Å². The Kier molecular flexibility index (Phi) is 6.79. The fourth-order valence-corrected chi connectivity index (χ4v) is 3.70. The molecule has 1 fully saturated rings. The Morgan fingerprint density at radius 2 is 1.79 bits per heavy atom. The van der Waals surface area contributed by atoms with E-state index < -0.39 is 0 Å². The molecule has 1 heterocycles. The summed E-state index contributed by atoms with van der Waals surface area (Å²) in [5, 5.41) is 3.18. The molecule has 152 valence electrons. The minimum atomic E-state index is -0.137. The molecule has 1 N–H and O–H groups in total. The monoisotopic (exact) mass is 387 g/mol. The highest BCUT2D eigenvalue weighted by Gasteiger charge is 2.30. The number of benzene rings is 1. The van der Waals surface area contributed by atoms with E-state index in [0.717, 1.165) is 19.3 Å². The predicted octanol–water partition coefficient (Wildman–Crippen LogP) is 3.60. The van der Waals surface area contributed by atoms with Gasteiger partial charge in [0.05, 0.1) is 32.2 Å². The SMILES string of the molecule is CCOc1cc(C(=O)NC2CCCC2n2ccnc2)cc(OCC)c1OCC. The maximum Gasteiger partial charge on any atom is 0.251 e. The first-order valence-electron chi connectivity index (χ1n) is 10.0. The predicted molar refractivity (Wildman–Crippen MR) is 106 cm³/mol. The molecule has 1 aromatic carbocycles. The first-order chi connectivity index (χ1) is 13.7. The Morgan fingerprint density at radius 1 is 1.11 bits per heavy atom. The van der Waals surface area contributed by atoms with Crippen LogP contribution in [0, 0.1) is 0 Å². The van der Waals surface area contributed by atoms with Crippen molar-refractivity contribution in [3.63, 3.8) is 0 Å². The van der Waals surface area contributed by atoms with Gasteiger partial charge in [0, 0.05) is 24.0 Å². The zero-order valence-corrected chi connectivity index (χ0v) is 16.8. The lowest BCUT2D eigenvalue weighted by Gasteiger charge is -2.23. The molecule has 1 aliphatic rings. The Hall–Kier alpha value is -2.70. The Labute approximate surface area is 166 Å². The van der Waals surface area contributed by atoms with E-state index in [1.807, 2.05) is 33.3 Å². The van der Waals surface area contributed by atoms with Crippen LogP contribution in [0.4, 0.5) is 0 Å². The molecule has 2 unspecified atom stereocenters. The molecule has 0 spiro atoms. The second kappa shape index (κ2) is 9.48. The highest BCUT2D eigenvalue weighted by molar-refractivity contribution is 5.95. The van der Waals surface area contributed by atoms with E-state index >= 15 is 0 Å². The summed E-state index contributed by atoms with van der Waals surface area (Å²) in [7, 11) is 0. The van der Waals surface area contributed by atoms with Crippen molar-refractivity contribution in [2.45, 2.75) is 52.1 Å². The number of ether oxygens (including phenoxy) is 3. The van der Waals surface area contributed by atoms with Gasteiger partial charge in [-0.25, -0.2) is 4.98 Å². The van der Waals surface area contributed by atoms with Gasteiger partial charge in [-0.15, -0.1) is 0 Å². The number of hydrogen-bond donors (Lipinski definition) is 1. The van der Waals surface area contributed by atoms with E-state index in [0.29, 0.717) is 42.6 Å². The van der Waals surface area contributed by atoms with E-state index in [9.17, 15) is 4.79 Å². The number of aromatic nitrogens is 2. The lowest BCUT2D eigenvalue weighted by molar-refractivity contribution is 0.0927. The van der Waals surface area contributed by atoms with Crippen LogP contribution in [0.2, 0.25) is 0 Å². The molecule has 0 radical (unpaired) electrons. The van der Waals surface area contributed by atoms with E-state index in [1.54, 1.807) is 18.3 Å². The second-order valence-corrected chi connectivity index (χ2v) is 6.69. The fraction of sp³-hybridized carbons (Fsp3) is 0.524. The Balaban J connectivity index is 1.84. The molecule has 7 heteroatoms. The Bertz CT molecular complexity index is 749. The van der Waals surface area contributed by atoms with Crippen molar-refractivity contribution in [2.24, 2.45) is 0 Å². The van der Waals surface area contributed by atoms with Gasteiger partial charge in [0.25, 0.3) is 5.91 Å². The van der Waals surface area contributed by atoms with Gasteiger partial charge in [-0.3, -0.25) is 4.79 Å². The van der Waals surface area contributed by atoms with Crippen molar-refractivity contribution in [1.82, 2.24) is 14.9 Å². The number of imidazole rings is 1. The van der Waals surface area contributed by atoms with Crippen molar-refractivity contribution < 1.29 is 19.0 Å². The van der Waals surface area contributed by atoms with Gasteiger partial charge in [-0.1, -0.05) is 0 Å². The first-order valence-corrected chi connectivity index (χ1v) is 10.0. The highest BCUT2D eigenvalue weighted by Crippen LogP contribution is 2.39. The minimum Gasteiger partial charge on any atom is -0.490 e. The maximum atomic E-state index is 13.0. The summed E-state index contributed by atoms with van der Waals surface area (Å²) in [5.41, 5.74) is 0.506. The van der Waals surface area contributed by atoms with Crippen molar-refractivity contribution >= 4 is 5.91 Å². The summed E-state index contributed by atoms with van der Waals surface area (Å²) in [6, 6.07) is 3.76. The van der Waals surface area contributed by atoms with Crippen LogP contribution in [0.1, 0.15) is 56.4 Å². The smallest absolute Gasteiger partial charge is 0.251 e. The lowest BCUT2D eigenvalue weighted by atomic mass is 10.1. The third-order valence-corrected chi connectivity index (χ3v) is 4.88. The number of amides is 1. The van der Waals surface area contributed by atoms with Crippen LogP contribution in [0.3, 0.4) is 0 Å². The maximum absolute atomic E-state index is 13.0. The summed E-state index contributed by atoms with van der Waals surface area (Å²) in [5.74, 6) is 1.46. The minimum absolute atomic E-state index is 0.0688. The van der Waals surface area contributed by atoms with Crippen LogP contribution in [0.25, 0.3) is 0 Å². The molecular weight excluding hydrogens is 358 g/mol. The molecule has 2 atom stereocenters. The topological polar surface area (TPSA) is 74.6 Å². The zero-order chi connectivity index (χ0) is 19.9. The lowest BCUT2D eigenvalue weighted by Crippen LogP contribution is -2.38. The quantitative estimate of drug-likeness (QED) is 0.712. The van der Waals surface area contributed by atoms with Crippen molar-refractivity contribution in [2.75, 3.05) is 19.8 Å². The third kappa shape index (κ3) is 4.40. The number of carbonyl (C=O) groups excluding carboxylic acids is 1. The van der Waals surface area contributed by atoms with E-state index in [2.05, 4.69) is 14.9 Å². The van der Waals surface area contributed by atoms with Crippen molar-refractivity contribution in [3.8, 4) is 17.2 Å². The molecule has 2 aromatic rings. The van der Waals surface area contributed by atoms with Crippen LogP contribution >= 0.6 is 0 Å². The summed E-state index contributed by atoms with van der Waals surface area (Å²) in [6.45, 7) is 7.14. The number of nitrogens with one attached hydrogen (secondary N) is 1. The molecule has 28 heavy (non-hydrogen) atoms. The van der Waals surface area contributed by atoms with Crippen molar-refractivity contribution in [1.29, 1.82) is 0 Å². The van der Waals surface area contributed by atoms with Gasteiger partial charge in [-0.05, 0) is 52.2 Å². The Morgan fingerprint density at radius 3 is 2.36 bits per heavy atom. The fourth-order valence-electron chi connectivity index (χ4n) is 3.70. The van der Waals surface area contributed by atoms with Crippen LogP contribution in [-0.4, -0.2) is 41.3 Å². The van der Waals surface area contributed by atoms with Gasteiger partial charge >= 0.3 is 0 Å². The van der Waals surface area contributed by atoms with Gasteiger partial charge < -0.3 is 24.1 Å². The largest absolute Gasteiger partial charge is 0.490 e. The van der Waals surface area contributed by atoms with E-state index in [-0.39, 0.29) is 18.0 Å². The normalized spacial score (nSPS) is 18.7. The summed E-state index contributed by atoms with van der Waals surface area (Å²) < 4.78 is 19.2. The van der Waals surface area contributed by atoms with Gasteiger partial charge in [0.15, 0.2) is 11.5 Å². The molecule has 1 amide bonds. The van der Waals surface area contributed by atoms with Gasteiger partial charge in [-0.2, -0.15) is 0 Å². The zero-order valence-electron chi connectivity index (χ0n) is 16.8. The number of nitrogens with zero attached hydrogens (tertiary/aromatic N) is 2. The number of hydrogen-bond acceptors (Lipinski definition) is 5. The number of carbonyl (C=O) groups is 1. The molecule has 1 aliphatic carbocycles. The van der Waals surface area contributed by atoms with Crippen LogP contribution < -0.4 is 19.5 Å². The molecule has 3 rings (SSSR count). The molecular formula is C21H29N3O4. The van der Waals surface area contributed by atoms with Gasteiger partial charge in [0.2, 0.25) is 5.75 Å². The van der Waals surface area contributed by atoms with Gasteiger partial charge in [0.1, 0.15) is 0 Å². The summed E-state index contributed by atoms with van der Waals surface area (Å²) in [6.07, 6.45) is 8.58. The van der Waals surface area contributed by atoms with Crippen molar-refractivity contribution in [3.05, 3.63) is 36.4 Å². The van der Waals surface area contributed by atoms with Crippen LogP contribution in [0.15, 0.2) is 30.9 Å². The average Bonchev–Trinajstić information content (AvgIpc) is 3.36. The average molecular weight is 387 g/mol. The number of rotatable bonds is 9. The summed E-state index contributed by atoms with van der Waals surface area (Å²) >= 11 is 0. The summed E-state index contributed by atoms with van der Waals surface area (Å²) in [4.78, 5) is 17.1. The molecule has 1 aromatic heterocycles. The van der Waals surface area contributed by atoms with Crippen LogP contribution in [0.5, 0.6) is 17.2 Å². The molecule has 0 bridgehead atoms. The first kappa shape index (κ1) is 20.0.